The molecule has 1 N–H and O–H groups in total. The number of anilines is 1. The van der Waals surface area contributed by atoms with Crippen LogP contribution < -0.4 is 5.32 Å². The molecule has 0 saturated carbocycles. The molecule has 5 nitrogen and oxygen atoms in total. The van der Waals surface area contributed by atoms with Crippen LogP contribution in [-0.4, -0.2) is 32.2 Å². The van der Waals surface area contributed by atoms with Gasteiger partial charge < -0.3 is 5.32 Å². The molecule has 2 aromatic carbocycles. The molecule has 0 bridgehead atoms. The second-order valence-electron chi connectivity index (χ2n) is 5.94. The minimum atomic E-state index is -3.67. The molecule has 0 spiro atoms. The van der Waals surface area contributed by atoms with E-state index in [1.54, 1.807) is 12.1 Å². The Kier molecular flexibility index (Phi) is 6.12. The number of likely N-dealkylation sites (N-methyl/N-ethyl adjacent to an activating group) is 1. The predicted octanol–water partition coefficient (Wildman–Crippen LogP) is 3.17. The van der Waals surface area contributed by atoms with Crippen LogP contribution in [-0.2, 0) is 14.8 Å². The van der Waals surface area contributed by atoms with Gasteiger partial charge in [0.2, 0.25) is 15.9 Å². The second kappa shape index (κ2) is 8.09. The highest BCUT2D eigenvalue weighted by molar-refractivity contribution is 7.92. The van der Waals surface area contributed by atoms with E-state index in [9.17, 15) is 13.2 Å². The molecule has 0 radical (unpaired) electrons. The Morgan fingerprint density at radius 2 is 1.68 bits per heavy atom. The number of carbonyl (C=O) groups is 1. The first-order chi connectivity index (χ1) is 11.8. The normalized spacial score (nSPS) is 11.8. The average molecular weight is 358 g/mol. The van der Waals surface area contributed by atoms with Crippen LogP contribution in [0.4, 0.5) is 5.69 Å². The molecular weight excluding hydrogens is 336 g/mol. The lowest BCUT2D eigenvalue weighted by Crippen LogP contribution is -2.33. The van der Waals surface area contributed by atoms with Crippen molar-refractivity contribution in [3.63, 3.8) is 0 Å². The van der Waals surface area contributed by atoms with Crippen molar-refractivity contribution in [3.05, 3.63) is 70.6 Å². The molecule has 0 aromatic heterocycles. The number of hydrogen-bond acceptors (Lipinski definition) is 3. The minimum Gasteiger partial charge on any atom is -0.325 e. The van der Waals surface area contributed by atoms with Crippen LogP contribution in [0.5, 0.6) is 0 Å². The molecule has 0 fully saturated rings. The van der Waals surface area contributed by atoms with Gasteiger partial charge >= 0.3 is 0 Å². The van der Waals surface area contributed by atoms with Crippen molar-refractivity contribution in [2.45, 2.75) is 13.8 Å². The summed E-state index contributed by atoms with van der Waals surface area (Å²) in [4.78, 5) is 12.1. The maximum atomic E-state index is 12.3. The van der Waals surface area contributed by atoms with Crippen LogP contribution in [0.25, 0.3) is 6.08 Å². The number of amides is 1. The number of nitrogens with one attached hydrogen (secondary N) is 1. The van der Waals surface area contributed by atoms with Crippen LogP contribution in [0, 0.1) is 13.8 Å². The molecule has 132 valence electrons. The Morgan fingerprint density at radius 1 is 1.08 bits per heavy atom. The smallest absolute Gasteiger partial charge is 0.239 e. The maximum absolute atomic E-state index is 12.3. The summed E-state index contributed by atoms with van der Waals surface area (Å²) >= 11 is 0. The molecule has 6 heteroatoms. The Labute approximate surface area is 149 Å². The van der Waals surface area contributed by atoms with Crippen LogP contribution in [0.2, 0.25) is 0 Å². The maximum Gasteiger partial charge on any atom is 0.239 e. The molecule has 25 heavy (non-hydrogen) atoms. The van der Waals surface area contributed by atoms with Crippen molar-refractivity contribution < 1.29 is 13.2 Å². The summed E-state index contributed by atoms with van der Waals surface area (Å²) < 4.78 is 25.5. The van der Waals surface area contributed by atoms with Gasteiger partial charge in [0.25, 0.3) is 0 Å². The molecular formula is C19H22N2O3S. The van der Waals surface area contributed by atoms with E-state index in [1.165, 1.54) is 13.1 Å². The van der Waals surface area contributed by atoms with Gasteiger partial charge in [-0.2, -0.15) is 4.31 Å². The summed E-state index contributed by atoms with van der Waals surface area (Å²) in [6.07, 6.45) is 1.51. The number of carbonyl (C=O) groups excluding carboxylic acids is 1. The fraction of sp³-hybridized carbons (Fsp3) is 0.211. The minimum absolute atomic E-state index is 0.256. The van der Waals surface area contributed by atoms with Crippen molar-refractivity contribution in [3.8, 4) is 0 Å². The zero-order valence-corrected chi connectivity index (χ0v) is 15.4. The quantitative estimate of drug-likeness (QED) is 0.862. The Balaban J connectivity index is 2.00. The molecule has 2 aromatic rings. The number of rotatable bonds is 6. The van der Waals surface area contributed by atoms with E-state index in [4.69, 9.17) is 0 Å². The molecule has 0 aliphatic rings. The largest absolute Gasteiger partial charge is 0.325 e. The van der Waals surface area contributed by atoms with E-state index < -0.39 is 10.0 Å². The summed E-state index contributed by atoms with van der Waals surface area (Å²) in [5, 5.41) is 3.83. The standard InChI is InChI=1S/C19H22N2O3S/c1-15-11-16(2)13-18(12-15)20-19(22)14-21(3)25(23,24)10-9-17-7-5-4-6-8-17/h4-13H,14H2,1-3H3,(H,20,22). The average Bonchev–Trinajstić information content (AvgIpc) is 2.52. The monoisotopic (exact) mass is 358 g/mol. The molecule has 2 rings (SSSR count). The Hall–Kier alpha value is -2.44. The summed E-state index contributed by atoms with van der Waals surface area (Å²) in [5.41, 5.74) is 3.50. The summed E-state index contributed by atoms with van der Waals surface area (Å²) in [6, 6.07) is 14.8. The molecule has 0 aliphatic carbocycles. The molecule has 0 saturated heterocycles. The van der Waals surface area contributed by atoms with Crippen molar-refractivity contribution >= 4 is 27.7 Å². The Bertz CT molecular complexity index is 855. The van der Waals surface area contributed by atoms with Crippen molar-refractivity contribution in [1.29, 1.82) is 0 Å². The van der Waals surface area contributed by atoms with Gasteiger partial charge in [-0.3, -0.25) is 4.79 Å². The van der Waals surface area contributed by atoms with Gasteiger partial charge in [-0.1, -0.05) is 36.4 Å². The summed E-state index contributed by atoms with van der Waals surface area (Å²) in [5.74, 6) is -0.385. The first kappa shape index (κ1) is 18.9. The lowest BCUT2D eigenvalue weighted by atomic mass is 10.1. The van der Waals surface area contributed by atoms with Crippen molar-refractivity contribution in [1.82, 2.24) is 4.31 Å². The van der Waals surface area contributed by atoms with Gasteiger partial charge in [-0.05, 0) is 48.7 Å². The van der Waals surface area contributed by atoms with E-state index in [1.807, 2.05) is 50.2 Å². The van der Waals surface area contributed by atoms with Gasteiger partial charge in [0.1, 0.15) is 0 Å². The first-order valence-electron chi connectivity index (χ1n) is 7.84. The zero-order valence-electron chi connectivity index (χ0n) is 14.6. The first-order valence-corrected chi connectivity index (χ1v) is 9.34. The van der Waals surface area contributed by atoms with E-state index in [0.717, 1.165) is 26.4 Å². The SMILES string of the molecule is Cc1cc(C)cc(NC(=O)CN(C)S(=O)(=O)C=Cc2ccccc2)c1. The molecule has 0 atom stereocenters. The third-order valence-corrected chi connectivity index (χ3v) is 5.02. The molecule has 0 aliphatic heterocycles. The molecule has 1 amide bonds. The van der Waals surface area contributed by atoms with E-state index in [2.05, 4.69) is 5.32 Å². The third-order valence-electron chi connectivity index (χ3n) is 3.54. The Morgan fingerprint density at radius 3 is 2.28 bits per heavy atom. The third kappa shape index (κ3) is 5.85. The van der Waals surface area contributed by atoms with Crippen LogP contribution in [0.3, 0.4) is 0 Å². The topological polar surface area (TPSA) is 66.5 Å². The highest BCUT2D eigenvalue weighted by Crippen LogP contribution is 2.14. The molecule has 0 heterocycles. The fourth-order valence-electron chi connectivity index (χ4n) is 2.37. The van der Waals surface area contributed by atoms with E-state index in [-0.39, 0.29) is 12.5 Å². The lowest BCUT2D eigenvalue weighted by molar-refractivity contribution is -0.116. The van der Waals surface area contributed by atoms with Gasteiger partial charge in [0.15, 0.2) is 0 Å². The number of aryl methyl sites for hydroxylation is 2. The summed E-state index contributed by atoms with van der Waals surface area (Å²) in [7, 11) is -2.29. The predicted molar refractivity (Wildman–Crippen MR) is 102 cm³/mol. The van der Waals surface area contributed by atoms with Crippen molar-refractivity contribution in [2.75, 3.05) is 18.9 Å². The lowest BCUT2D eigenvalue weighted by Gasteiger charge is -2.15. The fourth-order valence-corrected chi connectivity index (χ4v) is 3.21. The highest BCUT2D eigenvalue weighted by Gasteiger charge is 2.17. The van der Waals surface area contributed by atoms with Gasteiger partial charge in [-0.15, -0.1) is 0 Å². The van der Waals surface area contributed by atoms with Gasteiger partial charge in [-0.25, -0.2) is 8.42 Å². The van der Waals surface area contributed by atoms with Gasteiger partial charge in [0, 0.05) is 18.1 Å². The number of nitrogens with zero attached hydrogens (tertiary/aromatic N) is 1. The van der Waals surface area contributed by atoms with Crippen LogP contribution in [0.1, 0.15) is 16.7 Å². The van der Waals surface area contributed by atoms with Crippen LogP contribution >= 0.6 is 0 Å². The number of benzene rings is 2. The highest BCUT2D eigenvalue weighted by atomic mass is 32.2. The number of sulfonamides is 1. The van der Waals surface area contributed by atoms with E-state index >= 15 is 0 Å². The summed E-state index contributed by atoms with van der Waals surface area (Å²) in [6.45, 7) is 3.62. The van der Waals surface area contributed by atoms with Crippen molar-refractivity contribution in [2.24, 2.45) is 0 Å². The zero-order chi connectivity index (χ0) is 18.4. The van der Waals surface area contributed by atoms with E-state index in [0.29, 0.717) is 5.69 Å². The molecule has 0 unspecified atom stereocenters. The number of hydrogen-bond donors (Lipinski definition) is 1. The second-order valence-corrected chi connectivity index (χ2v) is 7.86. The van der Waals surface area contributed by atoms with Crippen LogP contribution in [0.15, 0.2) is 53.9 Å². The van der Waals surface area contributed by atoms with Gasteiger partial charge in [0.05, 0.1) is 6.54 Å².